The number of carboxylic acids is 1. The van der Waals surface area contributed by atoms with Crippen LogP contribution in [0.5, 0.6) is 11.8 Å². The molecule has 380 valence electrons. The van der Waals surface area contributed by atoms with E-state index in [4.69, 9.17) is 29.8 Å². The number of aromatic nitrogens is 8. The molecule has 28 heteroatoms. The standard InChI is InChI=1S/C21H25F4N5O4.C10H10F3N5O.C10H16FNO4/c1-20(2,3)34-19(32)29-11-13(22)7-14(29)15(31)6-5-12-10-30(28-18(12)33-4)17-9-26-16(8-27-17)21(23,24)25;1-19-9-6(2-14)5-18(17-9)8-4-15-7(3-16-8)10(11,12)13;1-10(2,3)16-9(15)12-5-6(11)4-7(12)8(13)14/h8-10,13-14H,5-7,11H2,1-4H3;3-5H,2,14H2,1H3;6-7H,4-5H2,1-3H3,(H,13,14)/t13-,14+;;6-,7+/m1.1/s1. The molecule has 6 heterocycles. The number of nitrogens with two attached hydrogens (primary N) is 1. The van der Waals surface area contributed by atoms with Crippen molar-refractivity contribution in [1.29, 1.82) is 0 Å². The first kappa shape index (κ1) is 54.9. The second kappa shape index (κ2) is 22.1. The van der Waals surface area contributed by atoms with Crippen LogP contribution in [0.25, 0.3) is 11.6 Å². The van der Waals surface area contributed by atoms with Gasteiger partial charge >= 0.3 is 30.5 Å². The molecule has 0 unspecified atom stereocenters. The maximum Gasteiger partial charge on any atom is 0.434 e. The molecule has 0 spiro atoms. The number of aryl methyl sites for hydroxylation is 1. The number of carboxylic acid groups (broad SMARTS) is 1. The second-order valence-corrected chi connectivity index (χ2v) is 17.2. The number of alkyl halides is 8. The summed E-state index contributed by atoms with van der Waals surface area (Å²) in [5.41, 5.74) is 2.87. The lowest BCUT2D eigenvalue weighted by molar-refractivity contribution is -0.142. The van der Waals surface area contributed by atoms with Crippen molar-refractivity contribution in [3.63, 3.8) is 0 Å². The minimum atomic E-state index is -4.62. The predicted octanol–water partition coefficient (Wildman–Crippen LogP) is 6.11. The summed E-state index contributed by atoms with van der Waals surface area (Å²) in [5, 5.41) is 16.9. The lowest BCUT2D eigenvalue weighted by Gasteiger charge is -2.27. The summed E-state index contributed by atoms with van der Waals surface area (Å²) in [6.07, 6.45) is -7.37. The van der Waals surface area contributed by atoms with E-state index in [1.807, 2.05) is 0 Å². The van der Waals surface area contributed by atoms with Gasteiger partial charge in [0.15, 0.2) is 28.8 Å². The molecule has 2 aliphatic heterocycles. The van der Waals surface area contributed by atoms with Crippen LogP contribution in [0.2, 0.25) is 0 Å². The molecule has 0 bridgehead atoms. The normalized spacial score (nSPS) is 18.4. The molecule has 2 aliphatic rings. The second-order valence-electron chi connectivity index (χ2n) is 17.2. The molecule has 6 rings (SSSR count). The first-order valence-corrected chi connectivity index (χ1v) is 20.7. The Bertz CT molecular complexity index is 2360. The third-order valence-corrected chi connectivity index (χ3v) is 9.49. The van der Waals surface area contributed by atoms with Crippen molar-refractivity contribution in [2.75, 3.05) is 27.3 Å². The van der Waals surface area contributed by atoms with Crippen molar-refractivity contribution in [3.05, 3.63) is 59.7 Å². The molecule has 2 saturated heterocycles. The molecule has 2 amide bonds. The minimum Gasteiger partial charge on any atom is -0.480 e. The van der Waals surface area contributed by atoms with Crippen LogP contribution in [0.1, 0.15) is 83.3 Å². The largest absolute Gasteiger partial charge is 0.480 e. The molecule has 4 atom stereocenters. The Labute approximate surface area is 389 Å². The zero-order chi connectivity index (χ0) is 51.8. The van der Waals surface area contributed by atoms with Crippen molar-refractivity contribution in [2.24, 2.45) is 5.73 Å². The topological polar surface area (TPSA) is 245 Å². The van der Waals surface area contributed by atoms with Crippen LogP contribution in [-0.2, 0) is 44.4 Å². The number of amides is 2. The number of methoxy groups -OCH3 is 2. The van der Waals surface area contributed by atoms with Crippen LogP contribution in [0.4, 0.5) is 44.7 Å². The van der Waals surface area contributed by atoms with Crippen molar-refractivity contribution in [1.82, 2.24) is 49.3 Å². The number of nitrogens with zero attached hydrogens (tertiary/aromatic N) is 10. The third kappa shape index (κ3) is 15.4. The lowest BCUT2D eigenvalue weighted by atomic mass is 10.0. The van der Waals surface area contributed by atoms with E-state index in [0.29, 0.717) is 29.4 Å². The third-order valence-electron chi connectivity index (χ3n) is 9.49. The van der Waals surface area contributed by atoms with E-state index in [1.165, 1.54) is 36.0 Å². The summed E-state index contributed by atoms with van der Waals surface area (Å²) in [6, 6.07) is -2.07. The number of likely N-dealkylation sites (tertiary alicyclic amines) is 2. The highest BCUT2D eigenvalue weighted by molar-refractivity contribution is 5.88. The summed E-state index contributed by atoms with van der Waals surface area (Å²) in [4.78, 5) is 63.7. The number of halogens is 8. The molecule has 4 aromatic rings. The molecular weight excluding hydrogens is 943 g/mol. The summed E-state index contributed by atoms with van der Waals surface area (Å²) in [7, 11) is 2.77. The predicted molar refractivity (Wildman–Crippen MR) is 223 cm³/mol. The number of carbonyl (C=O) groups excluding carboxylic acids is 3. The van der Waals surface area contributed by atoms with Gasteiger partial charge in [0.2, 0.25) is 11.8 Å². The van der Waals surface area contributed by atoms with Gasteiger partial charge in [0.1, 0.15) is 29.6 Å². The van der Waals surface area contributed by atoms with E-state index in [9.17, 15) is 54.3 Å². The van der Waals surface area contributed by atoms with Gasteiger partial charge in [-0.1, -0.05) is 0 Å². The Hall–Kier alpha value is -6.74. The van der Waals surface area contributed by atoms with E-state index in [2.05, 4.69) is 30.1 Å². The molecule has 69 heavy (non-hydrogen) atoms. The van der Waals surface area contributed by atoms with E-state index < -0.39 is 77.5 Å². The van der Waals surface area contributed by atoms with E-state index in [0.717, 1.165) is 22.2 Å². The van der Waals surface area contributed by atoms with Gasteiger partial charge in [-0.25, -0.2) is 52.5 Å². The maximum atomic E-state index is 14.0. The van der Waals surface area contributed by atoms with Crippen molar-refractivity contribution < 1.29 is 78.4 Å². The van der Waals surface area contributed by atoms with Crippen LogP contribution in [0.3, 0.4) is 0 Å². The fraction of sp³-hybridized carbons (Fsp3) is 0.561. The summed E-state index contributed by atoms with van der Waals surface area (Å²) >= 11 is 0. The summed E-state index contributed by atoms with van der Waals surface area (Å²) in [6.45, 7) is 9.79. The minimum absolute atomic E-state index is 0.0241. The van der Waals surface area contributed by atoms with Gasteiger partial charge in [0.25, 0.3) is 0 Å². The number of ketones is 1. The Kier molecular flexibility index (Phi) is 17.6. The highest BCUT2D eigenvalue weighted by Crippen LogP contribution is 2.30. The molecule has 0 saturated carbocycles. The van der Waals surface area contributed by atoms with E-state index in [1.54, 1.807) is 41.5 Å². The van der Waals surface area contributed by atoms with Crippen molar-refractivity contribution in [3.8, 4) is 23.4 Å². The number of aliphatic carboxylic acids is 1. The Morgan fingerprint density at radius 3 is 1.42 bits per heavy atom. The van der Waals surface area contributed by atoms with Crippen molar-refractivity contribution in [2.45, 2.75) is 122 Å². The van der Waals surface area contributed by atoms with Gasteiger partial charge in [0, 0.05) is 49.3 Å². The molecule has 4 aromatic heterocycles. The highest BCUT2D eigenvalue weighted by atomic mass is 19.4. The number of rotatable bonds is 10. The molecule has 0 aromatic carbocycles. The number of hydrogen-bond donors (Lipinski definition) is 2. The molecule has 2 fully saturated rings. The van der Waals surface area contributed by atoms with Crippen LogP contribution < -0.4 is 15.2 Å². The summed E-state index contributed by atoms with van der Waals surface area (Å²) < 4.78 is 125. The number of hydrogen-bond acceptors (Lipinski definition) is 15. The first-order valence-electron chi connectivity index (χ1n) is 20.7. The molecular formula is C41H51F8N11O9. The zero-order valence-electron chi connectivity index (χ0n) is 38.5. The van der Waals surface area contributed by atoms with Crippen LogP contribution in [0.15, 0.2) is 37.2 Å². The van der Waals surface area contributed by atoms with Gasteiger partial charge < -0.3 is 29.8 Å². The smallest absolute Gasteiger partial charge is 0.434 e. The fourth-order valence-electron chi connectivity index (χ4n) is 6.43. The van der Waals surface area contributed by atoms with Crippen LogP contribution in [-0.4, -0.2) is 141 Å². The first-order chi connectivity index (χ1) is 31.9. The Morgan fingerprint density at radius 1 is 0.667 bits per heavy atom. The van der Waals surface area contributed by atoms with Gasteiger partial charge in [-0.15, -0.1) is 10.2 Å². The monoisotopic (exact) mass is 993 g/mol. The number of carbonyl (C=O) groups is 4. The molecule has 0 radical (unpaired) electrons. The van der Waals surface area contributed by atoms with Crippen molar-refractivity contribution >= 4 is 23.9 Å². The zero-order valence-corrected chi connectivity index (χ0v) is 38.5. The van der Waals surface area contributed by atoms with Gasteiger partial charge in [0.05, 0.1) is 58.1 Å². The molecule has 0 aliphatic carbocycles. The van der Waals surface area contributed by atoms with Gasteiger partial charge in [-0.2, -0.15) is 26.3 Å². The van der Waals surface area contributed by atoms with Gasteiger partial charge in [-0.05, 0) is 48.0 Å². The molecule has 3 N–H and O–H groups in total. The summed E-state index contributed by atoms with van der Waals surface area (Å²) in [5.74, 6) is -0.944. The lowest BCUT2D eigenvalue weighted by Crippen LogP contribution is -2.43. The number of Topliss-reactive ketones (excluding diaryl/α,β-unsaturated/α-hetero) is 1. The quantitative estimate of drug-likeness (QED) is 0.170. The number of ether oxygens (including phenoxy) is 4. The Balaban J connectivity index is 0.000000249. The fourth-order valence-corrected chi connectivity index (χ4v) is 6.43. The average molecular weight is 994 g/mol. The molecule has 20 nitrogen and oxygen atoms in total. The maximum absolute atomic E-state index is 14.0. The van der Waals surface area contributed by atoms with E-state index in [-0.39, 0.29) is 68.6 Å². The van der Waals surface area contributed by atoms with Crippen LogP contribution >= 0.6 is 0 Å². The average Bonchev–Trinajstić information content (AvgIpc) is 4.06. The highest BCUT2D eigenvalue weighted by Gasteiger charge is 2.43. The van der Waals surface area contributed by atoms with Crippen LogP contribution in [0, 0.1) is 0 Å². The Morgan fingerprint density at radius 2 is 1.07 bits per heavy atom. The van der Waals surface area contributed by atoms with E-state index >= 15 is 0 Å². The van der Waals surface area contributed by atoms with Gasteiger partial charge in [-0.3, -0.25) is 14.6 Å². The SMILES string of the molecule is CC(C)(C)OC(=O)N1C[C@H](F)C[C@H]1C(=O)O.COc1nn(-c2cnc(C(F)(F)F)cn2)cc1CCC(=O)[C@@H]1C[C@@H](F)CN1C(=O)OC(C)(C)C.COc1nn(-c2cnc(C(F)(F)F)cn2)cc1CN.